The molecule has 0 amide bonds. The Kier molecular flexibility index (Phi) is 6.27. The van der Waals surface area contributed by atoms with E-state index in [0.29, 0.717) is 31.1 Å². The number of morpholine rings is 1. The summed E-state index contributed by atoms with van der Waals surface area (Å²) in [7, 11) is 3.81. The van der Waals surface area contributed by atoms with Crippen LogP contribution in [0.15, 0.2) is 54.6 Å². The second-order valence-corrected chi connectivity index (χ2v) is 7.84. The number of alkyl halides is 3. The van der Waals surface area contributed by atoms with Crippen LogP contribution in [0, 0.1) is 0 Å². The van der Waals surface area contributed by atoms with Gasteiger partial charge in [0.1, 0.15) is 6.10 Å². The number of hydrogen-bond acceptors (Lipinski definition) is 6. The molecule has 3 aromatic rings. The molecule has 0 aliphatic carbocycles. The minimum absolute atomic E-state index is 0.0947. The number of halogens is 3. The molecule has 2 aromatic heterocycles. The van der Waals surface area contributed by atoms with Crippen molar-refractivity contribution in [1.29, 1.82) is 0 Å². The number of aromatic nitrogens is 3. The summed E-state index contributed by atoms with van der Waals surface area (Å²) in [4.78, 5) is 8.58. The van der Waals surface area contributed by atoms with Crippen molar-refractivity contribution in [1.82, 2.24) is 15.2 Å². The Morgan fingerprint density at radius 2 is 1.84 bits per heavy atom. The lowest BCUT2D eigenvalue weighted by Gasteiger charge is -2.33. The van der Waals surface area contributed by atoms with E-state index >= 15 is 0 Å². The highest BCUT2D eigenvalue weighted by atomic mass is 19.4. The maximum atomic E-state index is 13.3. The minimum atomic E-state index is -4.40. The quantitative estimate of drug-likeness (QED) is 0.591. The molecule has 32 heavy (non-hydrogen) atoms. The second kappa shape index (κ2) is 9.12. The Morgan fingerprint density at radius 1 is 1.03 bits per heavy atom. The third-order valence-corrected chi connectivity index (χ3v) is 5.34. The standard InChI is InChI=1S/C23H24F3N5O/c1-30(2)21-10-11-22(29-28-21)31-12-13-32-20(15-31)19-9-5-7-17(27-19)14-16-6-3-4-8-18(16)23(24,25)26/h3-11,20H,12-15H2,1-2H3/t20-/m1/s1. The summed E-state index contributed by atoms with van der Waals surface area (Å²) in [5, 5.41) is 8.54. The van der Waals surface area contributed by atoms with Gasteiger partial charge in [0.25, 0.3) is 0 Å². The van der Waals surface area contributed by atoms with E-state index < -0.39 is 11.7 Å². The van der Waals surface area contributed by atoms with E-state index in [1.54, 1.807) is 12.1 Å². The van der Waals surface area contributed by atoms with Crippen LogP contribution in [0.5, 0.6) is 0 Å². The van der Waals surface area contributed by atoms with Crippen LogP contribution in [0.3, 0.4) is 0 Å². The first-order valence-corrected chi connectivity index (χ1v) is 10.3. The molecule has 0 spiro atoms. The number of nitrogens with zero attached hydrogens (tertiary/aromatic N) is 5. The third-order valence-electron chi connectivity index (χ3n) is 5.34. The van der Waals surface area contributed by atoms with Crippen LogP contribution in [-0.4, -0.2) is 49.0 Å². The topological polar surface area (TPSA) is 54.4 Å². The van der Waals surface area contributed by atoms with Crippen molar-refractivity contribution in [2.75, 3.05) is 43.6 Å². The molecule has 0 N–H and O–H groups in total. The minimum Gasteiger partial charge on any atom is -0.368 e. The van der Waals surface area contributed by atoms with Crippen LogP contribution >= 0.6 is 0 Å². The van der Waals surface area contributed by atoms with Crippen LogP contribution in [0.25, 0.3) is 0 Å². The maximum absolute atomic E-state index is 13.3. The molecule has 0 unspecified atom stereocenters. The predicted octanol–water partition coefficient (Wildman–Crippen LogP) is 4.13. The fourth-order valence-corrected chi connectivity index (χ4v) is 3.68. The Morgan fingerprint density at radius 3 is 2.56 bits per heavy atom. The van der Waals surface area contributed by atoms with Gasteiger partial charge in [0.2, 0.25) is 0 Å². The van der Waals surface area contributed by atoms with Gasteiger partial charge < -0.3 is 14.5 Å². The van der Waals surface area contributed by atoms with Gasteiger partial charge in [-0.05, 0) is 35.9 Å². The Labute approximate surface area is 184 Å². The number of ether oxygens (including phenoxy) is 1. The summed E-state index contributed by atoms with van der Waals surface area (Å²) >= 11 is 0. The van der Waals surface area contributed by atoms with Crippen molar-refractivity contribution in [3.8, 4) is 0 Å². The molecule has 9 heteroatoms. The molecule has 4 rings (SSSR count). The van der Waals surface area contributed by atoms with E-state index in [-0.39, 0.29) is 18.1 Å². The van der Waals surface area contributed by atoms with Gasteiger partial charge >= 0.3 is 6.18 Å². The van der Waals surface area contributed by atoms with E-state index in [4.69, 9.17) is 4.74 Å². The van der Waals surface area contributed by atoms with Gasteiger partial charge in [-0.25, -0.2) is 0 Å². The molecule has 1 fully saturated rings. The number of hydrogen-bond donors (Lipinski definition) is 0. The van der Waals surface area contributed by atoms with E-state index in [2.05, 4.69) is 20.1 Å². The monoisotopic (exact) mass is 443 g/mol. The maximum Gasteiger partial charge on any atom is 0.416 e. The molecule has 1 aliphatic heterocycles. The zero-order chi connectivity index (χ0) is 22.7. The summed E-state index contributed by atoms with van der Waals surface area (Å²) in [5.74, 6) is 1.52. The van der Waals surface area contributed by atoms with E-state index in [0.717, 1.165) is 17.7 Å². The number of anilines is 2. The van der Waals surface area contributed by atoms with Gasteiger partial charge in [-0.1, -0.05) is 24.3 Å². The van der Waals surface area contributed by atoms with Crippen LogP contribution in [0.4, 0.5) is 24.8 Å². The van der Waals surface area contributed by atoms with Crippen molar-refractivity contribution < 1.29 is 17.9 Å². The van der Waals surface area contributed by atoms with E-state index in [9.17, 15) is 13.2 Å². The van der Waals surface area contributed by atoms with Gasteiger partial charge in [0.15, 0.2) is 11.6 Å². The average molecular weight is 443 g/mol. The van der Waals surface area contributed by atoms with E-state index in [1.165, 1.54) is 12.1 Å². The summed E-state index contributed by atoms with van der Waals surface area (Å²) < 4.78 is 45.9. The molecular formula is C23H24F3N5O. The molecule has 1 aromatic carbocycles. The third kappa shape index (κ3) is 4.99. The molecule has 1 atom stereocenters. The first-order chi connectivity index (χ1) is 15.3. The lowest BCUT2D eigenvalue weighted by atomic mass is 10.0. The Bertz CT molecular complexity index is 1060. The van der Waals surface area contributed by atoms with Crippen molar-refractivity contribution in [2.24, 2.45) is 0 Å². The van der Waals surface area contributed by atoms with Crippen LogP contribution in [0.2, 0.25) is 0 Å². The van der Waals surface area contributed by atoms with Crippen LogP contribution in [-0.2, 0) is 17.3 Å². The largest absolute Gasteiger partial charge is 0.416 e. The lowest BCUT2D eigenvalue weighted by molar-refractivity contribution is -0.138. The van der Waals surface area contributed by atoms with Gasteiger partial charge in [-0.15, -0.1) is 10.2 Å². The van der Waals surface area contributed by atoms with Gasteiger partial charge in [-0.3, -0.25) is 4.98 Å². The molecule has 0 saturated carbocycles. The Balaban J connectivity index is 1.51. The molecule has 3 heterocycles. The highest BCUT2D eigenvalue weighted by Gasteiger charge is 2.33. The molecule has 168 valence electrons. The van der Waals surface area contributed by atoms with Crippen molar-refractivity contribution in [3.05, 3.63) is 77.1 Å². The van der Waals surface area contributed by atoms with Crippen LogP contribution in [0.1, 0.15) is 28.6 Å². The second-order valence-electron chi connectivity index (χ2n) is 7.84. The lowest BCUT2D eigenvalue weighted by Crippen LogP contribution is -2.39. The molecule has 0 bridgehead atoms. The predicted molar refractivity (Wildman–Crippen MR) is 116 cm³/mol. The zero-order valence-corrected chi connectivity index (χ0v) is 17.9. The molecule has 1 aliphatic rings. The first-order valence-electron chi connectivity index (χ1n) is 10.3. The smallest absolute Gasteiger partial charge is 0.368 e. The molecular weight excluding hydrogens is 419 g/mol. The first kappa shape index (κ1) is 22.0. The SMILES string of the molecule is CN(C)c1ccc(N2CCO[C@@H](c3cccc(Cc4ccccc4C(F)(F)F)n3)C2)nn1. The van der Waals surface area contributed by atoms with Crippen molar-refractivity contribution >= 4 is 11.6 Å². The summed E-state index contributed by atoms with van der Waals surface area (Å²) in [6.07, 6.45) is -4.61. The molecule has 0 radical (unpaired) electrons. The average Bonchev–Trinajstić information content (AvgIpc) is 2.79. The van der Waals surface area contributed by atoms with E-state index in [1.807, 2.05) is 43.3 Å². The normalized spacial score (nSPS) is 16.8. The number of pyridine rings is 1. The van der Waals surface area contributed by atoms with Crippen LogP contribution < -0.4 is 9.80 Å². The summed E-state index contributed by atoms with van der Waals surface area (Å²) in [5.41, 5.74) is 0.823. The van der Waals surface area contributed by atoms with Crippen molar-refractivity contribution in [2.45, 2.75) is 18.7 Å². The zero-order valence-electron chi connectivity index (χ0n) is 17.9. The van der Waals surface area contributed by atoms with Gasteiger partial charge in [0.05, 0.1) is 24.4 Å². The number of rotatable bonds is 5. The summed E-state index contributed by atoms with van der Waals surface area (Å²) in [6.45, 7) is 1.70. The fraction of sp³-hybridized carbons (Fsp3) is 0.348. The summed E-state index contributed by atoms with van der Waals surface area (Å²) in [6, 6.07) is 14.8. The van der Waals surface area contributed by atoms with Gasteiger partial charge in [0, 0.05) is 32.8 Å². The fourth-order valence-electron chi connectivity index (χ4n) is 3.68. The van der Waals surface area contributed by atoms with Crippen molar-refractivity contribution in [3.63, 3.8) is 0 Å². The number of benzene rings is 1. The Hall–Kier alpha value is -3.20. The van der Waals surface area contributed by atoms with Gasteiger partial charge in [-0.2, -0.15) is 13.2 Å². The highest BCUT2D eigenvalue weighted by Crippen LogP contribution is 2.33. The molecule has 6 nitrogen and oxygen atoms in total. The highest BCUT2D eigenvalue weighted by molar-refractivity contribution is 5.45. The molecule has 1 saturated heterocycles.